The first kappa shape index (κ1) is 3.06. The third-order valence-electron chi connectivity index (χ3n) is 0.877. The average molecular weight is 127 g/mol. The summed E-state index contributed by atoms with van der Waals surface area (Å²) in [5, 5.41) is 0. The van der Waals surface area contributed by atoms with Gasteiger partial charge in [-0.2, -0.15) is 0 Å². The van der Waals surface area contributed by atoms with Gasteiger partial charge in [-0.3, -0.25) is 0 Å². The minimum Gasteiger partial charge on any atom is -0.495 e. The Balaban J connectivity index is 2.71. The van der Waals surface area contributed by atoms with Gasteiger partial charge in [0.05, 0.1) is 17.3 Å². The Morgan fingerprint density at radius 2 is 2.67 bits per heavy atom. The van der Waals surface area contributed by atoms with Crippen LogP contribution in [0.3, 0.4) is 0 Å². The van der Waals surface area contributed by atoms with E-state index in [2.05, 4.69) is 9.72 Å². The number of nitrogens with zero attached hydrogens (tertiary/aromatic N) is 1. The molecule has 0 saturated carbocycles. The van der Waals surface area contributed by atoms with E-state index in [4.69, 9.17) is 9.85 Å². The molecule has 0 aliphatic carbocycles. The van der Waals surface area contributed by atoms with Crippen LogP contribution in [0.5, 0.6) is 5.75 Å². The smallest absolute Gasteiger partial charge is 0.137 e. The fraction of sp³-hybridized carbons (Fsp3) is 0.167. The molecule has 48 valence electrons. The lowest BCUT2D eigenvalue weighted by molar-refractivity contribution is 0.413. The molecule has 0 spiro atoms. The van der Waals surface area contributed by atoms with Crippen LogP contribution in [0.1, 0.15) is 4.11 Å². The monoisotopic (exact) mass is 127 g/mol. The zero-order valence-corrected chi connectivity index (χ0v) is 4.66. The van der Waals surface area contributed by atoms with E-state index in [-0.39, 0.29) is 5.75 Å². The van der Waals surface area contributed by atoms with Crippen LogP contribution in [-0.4, -0.2) is 12.0 Å². The summed E-state index contributed by atoms with van der Waals surface area (Å²) in [4.78, 5) is 3.67. The summed E-state index contributed by atoms with van der Waals surface area (Å²) < 4.78 is 24.9. The molecule has 9 heavy (non-hydrogen) atoms. The maximum atomic E-state index is 6.78. The van der Waals surface area contributed by atoms with Crippen LogP contribution in [0.15, 0.2) is 18.3 Å². The lowest BCUT2D eigenvalue weighted by atomic mass is 10.4. The minimum atomic E-state index is -2.43. The third kappa shape index (κ3) is 1.32. The second-order valence-corrected chi connectivity index (χ2v) is 1.52. The van der Waals surface area contributed by atoms with Crippen molar-refractivity contribution in [3.05, 3.63) is 18.3 Å². The van der Waals surface area contributed by atoms with E-state index in [1.165, 1.54) is 18.3 Å². The number of ether oxygens (including phenoxy) is 1. The summed E-state index contributed by atoms with van der Waals surface area (Å²) in [5.74, 6) is 0.511. The molecule has 0 unspecified atom stereocenters. The van der Waals surface area contributed by atoms with Crippen molar-refractivity contribution in [2.45, 2.75) is 0 Å². The Labute approximate surface area is 57.7 Å². The fourth-order valence-electron chi connectivity index (χ4n) is 0.452. The van der Waals surface area contributed by atoms with E-state index < -0.39 is 7.04 Å². The van der Waals surface area contributed by atoms with Gasteiger partial charge in [0.15, 0.2) is 0 Å². The molecule has 0 aromatic carbocycles. The van der Waals surface area contributed by atoms with Crippen LogP contribution < -0.4 is 10.5 Å². The first-order chi connectivity index (χ1) is 5.47. The van der Waals surface area contributed by atoms with E-state index in [1.807, 2.05) is 0 Å². The lowest BCUT2D eigenvalue weighted by Crippen LogP contribution is -1.89. The van der Waals surface area contributed by atoms with Crippen LogP contribution in [0.2, 0.25) is 0 Å². The number of aromatic nitrogens is 1. The predicted molar refractivity (Wildman–Crippen MR) is 35.2 cm³/mol. The average Bonchev–Trinajstić information content (AvgIpc) is 1.91. The Morgan fingerprint density at radius 1 is 1.78 bits per heavy atom. The molecular formula is C6H8N2O. The molecule has 1 heterocycles. The standard InChI is InChI=1S/C6H8N2O/c1-9-5-2-3-6(7)8-4-5/h2-4H,1H3,(H2,7,8)/i1D3. The SMILES string of the molecule is [2H]C([2H])([2H])Oc1ccc(N)nc1. The van der Waals surface area contributed by atoms with Gasteiger partial charge in [0, 0.05) is 0 Å². The van der Waals surface area contributed by atoms with Crippen LogP contribution in [0.4, 0.5) is 5.82 Å². The first-order valence-corrected chi connectivity index (χ1v) is 2.38. The number of nitrogens with two attached hydrogens (primary N) is 1. The molecule has 3 nitrogen and oxygen atoms in total. The highest BCUT2D eigenvalue weighted by Crippen LogP contribution is 2.07. The Kier molecular flexibility index (Phi) is 0.797. The quantitative estimate of drug-likeness (QED) is 0.603. The Morgan fingerprint density at radius 3 is 3.22 bits per heavy atom. The highest BCUT2D eigenvalue weighted by Gasteiger charge is 1.87. The molecule has 0 atom stereocenters. The van der Waals surface area contributed by atoms with E-state index in [0.29, 0.717) is 5.82 Å². The van der Waals surface area contributed by atoms with Gasteiger partial charge in [0.1, 0.15) is 11.6 Å². The number of hydrogen-bond donors (Lipinski definition) is 1. The number of rotatable bonds is 1. The van der Waals surface area contributed by atoms with Crippen molar-refractivity contribution in [1.29, 1.82) is 0 Å². The Bertz CT molecular complexity index is 256. The van der Waals surface area contributed by atoms with Crippen LogP contribution in [0, 0.1) is 0 Å². The highest BCUT2D eigenvalue weighted by atomic mass is 16.5. The highest BCUT2D eigenvalue weighted by molar-refractivity contribution is 5.31. The van der Waals surface area contributed by atoms with Gasteiger partial charge < -0.3 is 10.5 Å². The van der Waals surface area contributed by atoms with E-state index in [0.717, 1.165) is 0 Å². The number of anilines is 1. The van der Waals surface area contributed by atoms with Gasteiger partial charge in [-0.15, -0.1) is 0 Å². The van der Waals surface area contributed by atoms with Gasteiger partial charge in [0.25, 0.3) is 0 Å². The summed E-state index contributed by atoms with van der Waals surface area (Å²) in [6.45, 7) is 0. The van der Waals surface area contributed by atoms with Crippen molar-refractivity contribution in [3.8, 4) is 5.75 Å². The molecule has 0 fully saturated rings. The van der Waals surface area contributed by atoms with Gasteiger partial charge >= 0.3 is 0 Å². The van der Waals surface area contributed by atoms with Gasteiger partial charge in [-0.25, -0.2) is 4.98 Å². The molecule has 1 rings (SSSR count). The molecule has 0 bridgehead atoms. The molecule has 1 aromatic rings. The molecule has 2 N–H and O–H groups in total. The summed E-state index contributed by atoms with van der Waals surface area (Å²) >= 11 is 0. The van der Waals surface area contributed by atoms with Crippen molar-refractivity contribution < 1.29 is 8.85 Å². The topological polar surface area (TPSA) is 48.1 Å². The van der Waals surface area contributed by atoms with E-state index in [1.54, 1.807) is 0 Å². The van der Waals surface area contributed by atoms with Crippen LogP contribution in [-0.2, 0) is 0 Å². The zero-order chi connectivity index (χ0) is 9.19. The number of hydrogen-bond acceptors (Lipinski definition) is 3. The van der Waals surface area contributed by atoms with Crippen molar-refractivity contribution in [2.75, 3.05) is 12.8 Å². The summed E-state index contributed by atoms with van der Waals surface area (Å²) in [6, 6.07) is 2.93. The number of nitrogen functional groups attached to an aromatic ring is 1. The van der Waals surface area contributed by atoms with Crippen molar-refractivity contribution >= 4 is 5.82 Å². The van der Waals surface area contributed by atoms with Gasteiger partial charge in [-0.05, 0) is 12.1 Å². The Hall–Kier alpha value is -1.25. The van der Waals surface area contributed by atoms with Crippen molar-refractivity contribution in [1.82, 2.24) is 4.98 Å². The van der Waals surface area contributed by atoms with Crippen LogP contribution >= 0.6 is 0 Å². The fourth-order valence-corrected chi connectivity index (χ4v) is 0.452. The van der Waals surface area contributed by atoms with E-state index >= 15 is 0 Å². The lowest BCUT2D eigenvalue weighted by Gasteiger charge is -1.96. The number of methoxy groups -OCH3 is 1. The molecule has 0 saturated heterocycles. The van der Waals surface area contributed by atoms with Crippen molar-refractivity contribution in [2.24, 2.45) is 0 Å². The molecule has 1 aromatic heterocycles. The molecule has 0 radical (unpaired) electrons. The summed E-state index contributed by atoms with van der Waals surface area (Å²) in [6.07, 6.45) is 1.27. The molecule has 0 aliphatic rings. The third-order valence-corrected chi connectivity index (χ3v) is 0.877. The molecular weight excluding hydrogens is 116 g/mol. The van der Waals surface area contributed by atoms with E-state index in [9.17, 15) is 0 Å². The van der Waals surface area contributed by atoms with Gasteiger partial charge in [0.2, 0.25) is 0 Å². The predicted octanol–water partition coefficient (Wildman–Crippen LogP) is 0.672. The first-order valence-electron chi connectivity index (χ1n) is 3.88. The summed E-state index contributed by atoms with van der Waals surface area (Å²) in [5.41, 5.74) is 5.28. The molecule has 3 heteroatoms. The second kappa shape index (κ2) is 2.35. The maximum Gasteiger partial charge on any atom is 0.137 e. The maximum absolute atomic E-state index is 6.78. The zero-order valence-electron chi connectivity index (χ0n) is 7.66. The van der Waals surface area contributed by atoms with Crippen molar-refractivity contribution in [3.63, 3.8) is 0 Å². The normalized spacial score (nSPS) is 15.3. The minimum absolute atomic E-state index is 0.184. The molecule has 0 aliphatic heterocycles. The molecule has 0 amide bonds. The number of pyridine rings is 1. The second-order valence-electron chi connectivity index (χ2n) is 1.52. The largest absolute Gasteiger partial charge is 0.495 e. The van der Waals surface area contributed by atoms with Crippen LogP contribution in [0.25, 0.3) is 0 Å². The van der Waals surface area contributed by atoms with Gasteiger partial charge in [-0.1, -0.05) is 0 Å². The summed E-state index contributed by atoms with van der Waals surface area (Å²) in [7, 11) is -2.43.